The molecule has 0 saturated heterocycles. The van der Waals surface area contributed by atoms with E-state index in [1.54, 1.807) is 6.07 Å². The van der Waals surface area contributed by atoms with Crippen LogP contribution in [0.2, 0.25) is 0 Å². The summed E-state index contributed by atoms with van der Waals surface area (Å²) in [5.74, 6) is 3.32. The van der Waals surface area contributed by atoms with Crippen molar-refractivity contribution in [1.82, 2.24) is 0 Å². The zero-order valence-corrected chi connectivity index (χ0v) is 7.62. The first kappa shape index (κ1) is 10.7. The molecule has 0 unspecified atom stereocenters. The Morgan fingerprint density at radius 2 is 2.20 bits per heavy atom. The monoisotopic (exact) mass is 203 g/mol. The molecular formula is C11H6FNO2. The number of halogens is 1. The molecule has 0 radical (unpaired) electrons. The van der Waals surface area contributed by atoms with E-state index >= 15 is 0 Å². The van der Waals surface area contributed by atoms with Crippen LogP contribution in [-0.4, -0.2) is 11.1 Å². The maximum Gasteiger partial charge on any atom is 0.315 e. The van der Waals surface area contributed by atoms with E-state index in [1.807, 2.05) is 0 Å². The quantitative estimate of drug-likeness (QED) is 0.704. The fourth-order valence-corrected chi connectivity index (χ4v) is 0.933. The lowest BCUT2D eigenvalue weighted by Gasteiger charge is -1.94. The molecule has 0 fully saturated rings. The predicted molar refractivity (Wildman–Crippen MR) is 50.2 cm³/mol. The third-order valence-corrected chi connectivity index (χ3v) is 1.56. The van der Waals surface area contributed by atoms with Gasteiger partial charge in [-0.25, -0.2) is 4.39 Å². The molecule has 1 aromatic carbocycles. The summed E-state index contributed by atoms with van der Waals surface area (Å²) in [5, 5.41) is 17.0. The van der Waals surface area contributed by atoms with Crippen molar-refractivity contribution < 1.29 is 14.3 Å². The van der Waals surface area contributed by atoms with Crippen molar-refractivity contribution in [3.05, 3.63) is 35.1 Å². The second-order valence-electron chi connectivity index (χ2n) is 2.67. The molecule has 0 aromatic heterocycles. The zero-order chi connectivity index (χ0) is 11.3. The summed E-state index contributed by atoms with van der Waals surface area (Å²) in [7, 11) is 0. The van der Waals surface area contributed by atoms with Crippen molar-refractivity contribution in [2.75, 3.05) is 0 Å². The Bertz CT molecular complexity index is 492. The molecule has 0 aliphatic carbocycles. The summed E-state index contributed by atoms with van der Waals surface area (Å²) in [4.78, 5) is 10.2. The lowest BCUT2D eigenvalue weighted by Crippen LogP contribution is -1.91. The smallest absolute Gasteiger partial charge is 0.315 e. The van der Waals surface area contributed by atoms with Crippen LogP contribution in [0.25, 0.3) is 0 Å². The number of hydrogen-bond donors (Lipinski definition) is 1. The average Bonchev–Trinajstić information content (AvgIpc) is 2.19. The van der Waals surface area contributed by atoms with Gasteiger partial charge in [0.1, 0.15) is 18.3 Å². The van der Waals surface area contributed by atoms with Crippen LogP contribution in [-0.2, 0) is 4.79 Å². The van der Waals surface area contributed by atoms with Gasteiger partial charge < -0.3 is 5.11 Å². The number of aliphatic carboxylic acids is 1. The third kappa shape index (κ3) is 3.13. The summed E-state index contributed by atoms with van der Waals surface area (Å²) in [5.41, 5.74) is 0.438. The molecule has 1 N–H and O–H groups in total. The molecule has 1 aromatic rings. The number of hydrogen-bond acceptors (Lipinski definition) is 2. The molecule has 3 nitrogen and oxygen atoms in total. The fourth-order valence-electron chi connectivity index (χ4n) is 0.933. The van der Waals surface area contributed by atoms with Crippen molar-refractivity contribution in [2.45, 2.75) is 6.42 Å². The van der Waals surface area contributed by atoms with Gasteiger partial charge in [-0.15, -0.1) is 0 Å². The largest absolute Gasteiger partial charge is 0.481 e. The van der Waals surface area contributed by atoms with E-state index < -0.39 is 11.8 Å². The van der Waals surface area contributed by atoms with E-state index in [-0.39, 0.29) is 12.0 Å². The second kappa shape index (κ2) is 4.78. The summed E-state index contributed by atoms with van der Waals surface area (Å²) in [6, 6.07) is 5.37. The van der Waals surface area contributed by atoms with E-state index in [4.69, 9.17) is 10.4 Å². The zero-order valence-electron chi connectivity index (χ0n) is 7.62. The molecular weight excluding hydrogens is 197 g/mol. The first-order valence-electron chi connectivity index (χ1n) is 4.04. The van der Waals surface area contributed by atoms with Crippen LogP contribution in [0.15, 0.2) is 18.2 Å². The van der Waals surface area contributed by atoms with Crippen LogP contribution in [0.5, 0.6) is 0 Å². The number of rotatable bonds is 1. The van der Waals surface area contributed by atoms with Crippen LogP contribution in [0.1, 0.15) is 17.5 Å². The SMILES string of the molecule is N#Cc1cc(F)ccc1C#CCC(=O)O. The highest BCUT2D eigenvalue weighted by Gasteiger charge is 2.00. The topological polar surface area (TPSA) is 61.1 Å². The maximum absolute atomic E-state index is 12.7. The second-order valence-corrected chi connectivity index (χ2v) is 2.67. The standard InChI is InChI=1S/C11H6FNO2/c12-10-5-4-8(9(6-10)7-13)2-1-3-11(14)15/h4-6H,3H2,(H,14,15). The van der Waals surface area contributed by atoms with Crippen LogP contribution in [0, 0.1) is 29.0 Å². The Labute approximate surface area is 85.8 Å². The lowest BCUT2D eigenvalue weighted by atomic mass is 10.1. The number of benzene rings is 1. The molecule has 0 saturated carbocycles. The number of nitrogens with zero attached hydrogens (tertiary/aromatic N) is 1. The Morgan fingerprint density at radius 3 is 2.80 bits per heavy atom. The Balaban J connectivity index is 2.99. The molecule has 0 spiro atoms. The van der Waals surface area contributed by atoms with Crippen LogP contribution in [0.4, 0.5) is 4.39 Å². The van der Waals surface area contributed by atoms with Gasteiger partial charge in [0.25, 0.3) is 0 Å². The number of nitriles is 1. The van der Waals surface area contributed by atoms with Crippen LogP contribution in [0.3, 0.4) is 0 Å². The van der Waals surface area contributed by atoms with E-state index in [9.17, 15) is 9.18 Å². The van der Waals surface area contributed by atoms with Crippen molar-refractivity contribution in [3.8, 4) is 17.9 Å². The number of carboxylic acid groups (broad SMARTS) is 1. The summed E-state index contributed by atoms with van der Waals surface area (Å²) in [6.07, 6.45) is -0.303. The van der Waals surface area contributed by atoms with E-state index in [0.29, 0.717) is 5.56 Å². The number of carbonyl (C=O) groups is 1. The summed E-state index contributed by atoms with van der Waals surface area (Å²) in [6.45, 7) is 0. The molecule has 0 aliphatic heterocycles. The van der Waals surface area contributed by atoms with Crippen molar-refractivity contribution in [1.29, 1.82) is 5.26 Å². The third-order valence-electron chi connectivity index (χ3n) is 1.56. The highest BCUT2D eigenvalue weighted by atomic mass is 19.1. The van der Waals surface area contributed by atoms with Gasteiger partial charge in [0.15, 0.2) is 0 Å². The Morgan fingerprint density at radius 1 is 1.47 bits per heavy atom. The highest BCUT2D eigenvalue weighted by molar-refractivity contribution is 5.70. The lowest BCUT2D eigenvalue weighted by molar-refractivity contribution is -0.135. The Kier molecular flexibility index (Phi) is 3.43. The van der Waals surface area contributed by atoms with Gasteiger partial charge in [-0.2, -0.15) is 5.26 Å². The normalized spacial score (nSPS) is 8.53. The van der Waals surface area contributed by atoms with Crippen molar-refractivity contribution in [3.63, 3.8) is 0 Å². The molecule has 1 rings (SSSR count). The predicted octanol–water partition coefficient (Wildman–Crippen LogP) is 1.52. The molecule has 0 heterocycles. The molecule has 0 atom stereocenters. The van der Waals surface area contributed by atoms with Crippen LogP contribution >= 0.6 is 0 Å². The first-order valence-corrected chi connectivity index (χ1v) is 4.04. The molecule has 0 amide bonds. The van der Waals surface area contributed by atoms with Gasteiger partial charge in [0.2, 0.25) is 0 Å². The van der Waals surface area contributed by atoms with Gasteiger partial charge in [0.05, 0.1) is 5.56 Å². The molecule has 0 aliphatic rings. The van der Waals surface area contributed by atoms with Crippen molar-refractivity contribution in [2.24, 2.45) is 0 Å². The van der Waals surface area contributed by atoms with Gasteiger partial charge in [-0.3, -0.25) is 4.79 Å². The van der Waals surface area contributed by atoms with E-state index in [1.165, 1.54) is 12.1 Å². The van der Waals surface area contributed by atoms with Gasteiger partial charge in [-0.1, -0.05) is 11.8 Å². The van der Waals surface area contributed by atoms with Gasteiger partial charge in [0, 0.05) is 5.56 Å². The van der Waals surface area contributed by atoms with Crippen LogP contribution < -0.4 is 0 Å². The van der Waals surface area contributed by atoms with Crippen molar-refractivity contribution >= 4 is 5.97 Å². The van der Waals surface area contributed by atoms with E-state index in [0.717, 1.165) is 6.07 Å². The minimum atomic E-state index is -1.04. The molecule has 74 valence electrons. The molecule has 0 bridgehead atoms. The summed E-state index contributed by atoms with van der Waals surface area (Å²) >= 11 is 0. The first-order chi connectivity index (χ1) is 7.13. The molecule has 4 heteroatoms. The summed E-state index contributed by atoms with van der Waals surface area (Å²) < 4.78 is 12.7. The minimum absolute atomic E-state index is 0.105. The molecule has 15 heavy (non-hydrogen) atoms. The minimum Gasteiger partial charge on any atom is -0.481 e. The highest BCUT2D eigenvalue weighted by Crippen LogP contribution is 2.08. The average molecular weight is 203 g/mol. The fraction of sp³-hybridized carbons (Fsp3) is 0.0909. The van der Waals surface area contributed by atoms with Gasteiger partial charge in [-0.05, 0) is 18.2 Å². The Hall–Kier alpha value is -2.33. The maximum atomic E-state index is 12.7. The van der Waals surface area contributed by atoms with E-state index in [2.05, 4.69) is 11.8 Å². The number of carboxylic acids is 1. The van der Waals surface area contributed by atoms with Gasteiger partial charge >= 0.3 is 5.97 Å².